The highest BCUT2D eigenvalue weighted by Crippen LogP contribution is 2.21. The normalized spacial score (nSPS) is 12.1. The van der Waals surface area contributed by atoms with Crippen molar-refractivity contribution in [1.29, 1.82) is 0 Å². The molecule has 2 rings (SSSR count). The lowest BCUT2D eigenvalue weighted by Crippen LogP contribution is -2.37. The second-order valence-corrected chi connectivity index (χ2v) is 4.55. The minimum atomic E-state index is -0.534. The first-order valence-electron chi connectivity index (χ1n) is 6.63. The van der Waals surface area contributed by atoms with Crippen molar-refractivity contribution in [2.24, 2.45) is 0 Å². The third-order valence-corrected chi connectivity index (χ3v) is 3.01. The van der Waals surface area contributed by atoms with E-state index in [0.29, 0.717) is 18.9 Å². The molecule has 0 spiro atoms. The van der Waals surface area contributed by atoms with Gasteiger partial charge in [-0.25, -0.2) is 0 Å². The largest absolute Gasteiger partial charge is 0.481 e. The SMILES string of the molecule is COCCNC(=O)[C@H](C)Oc1ccc2ccccc2c1. The van der Waals surface area contributed by atoms with Gasteiger partial charge in [-0.1, -0.05) is 30.3 Å². The maximum atomic E-state index is 11.8. The van der Waals surface area contributed by atoms with E-state index in [9.17, 15) is 4.79 Å². The van der Waals surface area contributed by atoms with Crippen molar-refractivity contribution >= 4 is 16.7 Å². The van der Waals surface area contributed by atoms with Crippen molar-refractivity contribution in [1.82, 2.24) is 5.32 Å². The van der Waals surface area contributed by atoms with Gasteiger partial charge in [-0.05, 0) is 29.8 Å². The highest BCUT2D eigenvalue weighted by Gasteiger charge is 2.13. The van der Waals surface area contributed by atoms with Crippen LogP contribution in [0.3, 0.4) is 0 Å². The van der Waals surface area contributed by atoms with Gasteiger partial charge in [-0.3, -0.25) is 4.79 Å². The molecular weight excluding hydrogens is 254 g/mol. The summed E-state index contributed by atoms with van der Waals surface area (Å²) in [5.74, 6) is 0.549. The number of ether oxygens (including phenoxy) is 2. The summed E-state index contributed by atoms with van der Waals surface area (Å²) in [6.45, 7) is 2.71. The number of benzene rings is 2. The summed E-state index contributed by atoms with van der Waals surface area (Å²) in [6, 6.07) is 13.8. The monoisotopic (exact) mass is 273 g/mol. The van der Waals surface area contributed by atoms with Gasteiger partial charge in [0.05, 0.1) is 6.61 Å². The van der Waals surface area contributed by atoms with Crippen LogP contribution < -0.4 is 10.1 Å². The van der Waals surface area contributed by atoms with E-state index in [1.165, 1.54) is 0 Å². The second kappa shape index (κ2) is 6.91. The average molecular weight is 273 g/mol. The molecule has 0 bridgehead atoms. The molecule has 0 saturated heterocycles. The smallest absolute Gasteiger partial charge is 0.260 e. The van der Waals surface area contributed by atoms with E-state index < -0.39 is 6.10 Å². The summed E-state index contributed by atoms with van der Waals surface area (Å²) in [7, 11) is 1.60. The highest BCUT2D eigenvalue weighted by atomic mass is 16.5. The average Bonchev–Trinajstić information content (AvgIpc) is 2.47. The van der Waals surface area contributed by atoms with Gasteiger partial charge in [-0.15, -0.1) is 0 Å². The van der Waals surface area contributed by atoms with E-state index in [0.717, 1.165) is 10.8 Å². The first-order chi connectivity index (χ1) is 9.70. The Morgan fingerprint density at radius 1 is 1.20 bits per heavy atom. The summed E-state index contributed by atoms with van der Waals surface area (Å²) in [5, 5.41) is 5.00. The number of nitrogens with one attached hydrogen (secondary N) is 1. The lowest BCUT2D eigenvalue weighted by molar-refractivity contribution is -0.127. The number of carbonyl (C=O) groups is 1. The Labute approximate surface area is 118 Å². The van der Waals surface area contributed by atoms with E-state index in [1.54, 1.807) is 14.0 Å². The van der Waals surface area contributed by atoms with Crippen LogP contribution in [0.25, 0.3) is 10.8 Å². The van der Waals surface area contributed by atoms with Gasteiger partial charge < -0.3 is 14.8 Å². The zero-order valence-corrected chi connectivity index (χ0v) is 11.8. The molecule has 106 valence electrons. The molecule has 0 radical (unpaired) electrons. The van der Waals surface area contributed by atoms with Crippen LogP contribution in [-0.4, -0.2) is 32.3 Å². The zero-order valence-electron chi connectivity index (χ0n) is 11.8. The lowest BCUT2D eigenvalue weighted by atomic mass is 10.1. The fourth-order valence-electron chi connectivity index (χ4n) is 1.92. The molecule has 0 aliphatic rings. The fourth-order valence-corrected chi connectivity index (χ4v) is 1.92. The Hall–Kier alpha value is -2.07. The standard InChI is InChI=1S/C16H19NO3/c1-12(16(18)17-9-10-19-2)20-15-8-7-13-5-3-4-6-14(13)11-15/h3-8,11-12H,9-10H2,1-2H3,(H,17,18)/t12-/m0/s1. The van der Waals surface area contributed by atoms with Crippen LogP contribution in [0.15, 0.2) is 42.5 Å². The number of hydrogen-bond donors (Lipinski definition) is 1. The predicted molar refractivity (Wildman–Crippen MR) is 78.9 cm³/mol. The lowest BCUT2D eigenvalue weighted by Gasteiger charge is -2.15. The molecule has 4 nitrogen and oxygen atoms in total. The second-order valence-electron chi connectivity index (χ2n) is 4.55. The molecule has 1 N–H and O–H groups in total. The van der Waals surface area contributed by atoms with Gasteiger partial charge in [-0.2, -0.15) is 0 Å². The molecule has 2 aromatic carbocycles. The van der Waals surface area contributed by atoms with Gasteiger partial charge in [0, 0.05) is 13.7 Å². The molecule has 0 aromatic heterocycles. The third-order valence-electron chi connectivity index (χ3n) is 3.01. The van der Waals surface area contributed by atoms with Crippen LogP contribution in [0.4, 0.5) is 0 Å². The van der Waals surface area contributed by atoms with Crippen molar-refractivity contribution in [2.75, 3.05) is 20.3 Å². The number of carbonyl (C=O) groups excluding carboxylic acids is 1. The van der Waals surface area contributed by atoms with Gasteiger partial charge in [0.1, 0.15) is 5.75 Å². The molecule has 0 unspecified atom stereocenters. The molecule has 0 saturated carbocycles. The number of rotatable bonds is 6. The first kappa shape index (κ1) is 14.3. The predicted octanol–water partition coefficient (Wildman–Crippen LogP) is 2.37. The Bertz CT molecular complexity index is 583. The molecule has 0 aliphatic carbocycles. The summed E-state index contributed by atoms with van der Waals surface area (Å²) in [5.41, 5.74) is 0. The Kier molecular flexibility index (Phi) is 4.96. The third kappa shape index (κ3) is 3.71. The van der Waals surface area contributed by atoms with Crippen molar-refractivity contribution in [3.63, 3.8) is 0 Å². The van der Waals surface area contributed by atoms with Gasteiger partial charge >= 0.3 is 0 Å². The summed E-state index contributed by atoms with van der Waals surface area (Å²) < 4.78 is 10.5. The number of methoxy groups -OCH3 is 1. The maximum absolute atomic E-state index is 11.8. The van der Waals surface area contributed by atoms with Gasteiger partial charge in [0.15, 0.2) is 6.10 Å². The molecule has 1 atom stereocenters. The van der Waals surface area contributed by atoms with Crippen LogP contribution in [-0.2, 0) is 9.53 Å². The van der Waals surface area contributed by atoms with E-state index in [2.05, 4.69) is 5.32 Å². The molecule has 0 heterocycles. The summed E-state index contributed by atoms with van der Waals surface area (Å²) in [4.78, 5) is 11.8. The quantitative estimate of drug-likeness (QED) is 0.822. The molecule has 2 aromatic rings. The fraction of sp³-hybridized carbons (Fsp3) is 0.312. The van der Waals surface area contributed by atoms with Crippen molar-refractivity contribution in [3.05, 3.63) is 42.5 Å². The topological polar surface area (TPSA) is 47.6 Å². The van der Waals surface area contributed by atoms with Gasteiger partial charge in [0.2, 0.25) is 0 Å². The molecule has 20 heavy (non-hydrogen) atoms. The number of hydrogen-bond acceptors (Lipinski definition) is 3. The van der Waals surface area contributed by atoms with Crippen molar-refractivity contribution in [2.45, 2.75) is 13.0 Å². The van der Waals surface area contributed by atoms with Crippen LogP contribution in [0.2, 0.25) is 0 Å². The minimum absolute atomic E-state index is 0.143. The highest BCUT2D eigenvalue weighted by molar-refractivity contribution is 5.84. The molecule has 0 aliphatic heterocycles. The molecule has 4 heteroatoms. The summed E-state index contributed by atoms with van der Waals surface area (Å²) in [6.07, 6.45) is -0.534. The van der Waals surface area contributed by atoms with E-state index in [4.69, 9.17) is 9.47 Å². The minimum Gasteiger partial charge on any atom is -0.481 e. The Morgan fingerprint density at radius 3 is 2.70 bits per heavy atom. The van der Waals surface area contributed by atoms with Crippen LogP contribution in [0, 0.1) is 0 Å². The summed E-state index contributed by atoms with van der Waals surface area (Å²) >= 11 is 0. The van der Waals surface area contributed by atoms with Crippen LogP contribution in [0.1, 0.15) is 6.92 Å². The number of fused-ring (bicyclic) bond motifs is 1. The molecule has 1 amide bonds. The number of amides is 1. The Balaban J connectivity index is 1.98. The zero-order chi connectivity index (χ0) is 14.4. The molecular formula is C16H19NO3. The van der Waals surface area contributed by atoms with E-state index in [1.807, 2.05) is 42.5 Å². The molecule has 0 fully saturated rings. The maximum Gasteiger partial charge on any atom is 0.260 e. The van der Waals surface area contributed by atoms with Crippen molar-refractivity contribution in [3.8, 4) is 5.75 Å². The van der Waals surface area contributed by atoms with Crippen LogP contribution in [0.5, 0.6) is 5.75 Å². The van der Waals surface area contributed by atoms with Crippen LogP contribution >= 0.6 is 0 Å². The van der Waals surface area contributed by atoms with Gasteiger partial charge in [0.25, 0.3) is 5.91 Å². The Morgan fingerprint density at radius 2 is 1.95 bits per heavy atom. The van der Waals surface area contributed by atoms with Crippen molar-refractivity contribution < 1.29 is 14.3 Å². The first-order valence-corrected chi connectivity index (χ1v) is 6.63. The van der Waals surface area contributed by atoms with E-state index in [-0.39, 0.29) is 5.91 Å². The van der Waals surface area contributed by atoms with E-state index >= 15 is 0 Å².